The van der Waals surface area contributed by atoms with E-state index in [1.54, 1.807) is 18.9 Å². The van der Waals surface area contributed by atoms with Gasteiger partial charge in [0, 0.05) is 30.6 Å². The fraction of sp³-hybridized carbons (Fsp3) is 0.412. The van der Waals surface area contributed by atoms with E-state index in [0.29, 0.717) is 23.9 Å². The largest absolute Gasteiger partial charge is 0.465 e. The van der Waals surface area contributed by atoms with Crippen LogP contribution in [0.4, 0.5) is 10.2 Å². The van der Waals surface area contributed by atoms with Crippen molar-refractivity contribution >= 4 is 11.8 Å². The Morgan fingerprint density at radius 2 is 2.21 bits per heavy atom. The molecule has 0 bridgehead atoms. The first kappa shape index (κ1) is 16.3. The van der Waals surface area contributed by atoms with E-state index < -0.39 is 0 Å². The maximum atomic E-state index is 13.5. The molecule has 0 saturated heterocycles. The zero-order chi connectivity index (χ0) is 17.1. The second-order valence-electron chi connectivity index (χ2n) is 5.67. The fourth-order valence-corrected chi connectivity index (χ4v) is 2.85. The molecule has 0 aromatic carbocycles. The second kappa shape index (κ2) is 6.90. The third kappa shape index (κ3) is 3.34. The minimum atomic E-state index is -0.384. The SMILES string of the molecule is CCOC(=O)CN(C)c1nc(-c2cc(F)ccn2)nc2c1CCC2. The number of hydrogen-bond donors (Lipinski definition) is 0. The minimum Gasteiger partial charge on any atom is -0.465 e. The lowest BCUT2D eigenvalue weighted by molar-refractivity contribution is -0.141. The average molecular weight is 330 g/mol. The molecule has 6 nitrogen and oxygen atoms in total. The third-order valence-corrected chi connectivity index (χ3v) is 3.90. The molecule has 0 amide bonds. The standard InChI is InChI=1S/C17H19FN4O2/c1-3-24-15(23)10-22(2)17-12-5-4-6-13(12)20-16(21-17)14-9-11(18)7-8-19-14/h7-9H,3-6,10H2,1-2H3. The number of anilines is 1. The summed E-state index contributed by atoms with van der Waals surface area (Å²) in [4.78, 5) is 26.8. The van der Waals surface area contributed by atoms with Crippen LogP contribution < -0.4 is 4.90 Å². The number of halogens is 1. The molecule has 24 heavy (non-hydrogen) atoms. The van der Waals surface area contributed by atoms with Crippen LogP contribution in [0.5, 0.6) is 0 Å². The summed E-state index contributed by atoms with van der Waals surface area (Å²) in [5.41, 5.74) is 2.37. The third-order valence-electron chi connectivity index (χ3n) is 3.90. The van der Waals surface area contributed by atoms with E-state index in [2.05, 4.69) is 15.0 Å². The van der Waals surface area contributed by atoms with Crippen LogP contribution >= 0.6 is 0 Å². The van der Waals surface area contributed by atoms with E-state index >= 15 is 0 Å². The molecule has 0 spiro atoms. The number of carbonyl (C=O) groups excluding carboxylic acids is 1. The van der Waals surface area contributed by atoms with Crippen molar-refractivity contribution in [2.24, 2.45) is 0 Å². The summed E-state index contributed by atoms with van der Waals surface area (Å²) < 4.78 is 18.5. The number of carbonyl (C=O) groups is 1. The lowest BCUT2D eigenvalue weighted by Crippen LogP contribution is -2.29. The van der Waals surface area contributed by atoms with Crippen molar-refractivity contribution in [2.45, 2.75) is 26.2 Å². The fourth-order valence-electron chi connectivity index (χ4n) is 2.85. The van der Waals surface area contributed by atoms with Gasteiger partial charge in [-0.3, -0.25) is 9.78 Å². The van der Waals surface area contributed by atoms with Gasteiger partial charge in [-0.25, -0.2) is 14.4 Å². The van der Waals surface area contributed by atoms with Crippen molar-refractivity contribution < 1.29 is 13.9 Å². The Hall–Kier alpha value is -2.57. The Morgan fingerprint density at radius 3 is 2.96 bits per heavy atom. The van der Waals surface area contributed by atoms with E-state index in [4.69, 9.17) is 4.74 Å². The number of nitrogens with zero attached hydrogens (tertiary/aromatic N) is 4. The molecule has 0 aliphatic heterocycles. The van der Waals surface area contributed by atoms with Crippen LogP contribution in [0.1, 0.15) is 24.6 Å². The summed E-state index contributed by atoms with van der Waals surface area (Å²) in [7, 11) is 1.79. The number of ether oxygens (including phenoxy) is 1. The van der Waals surface area contributed by atoms with Gasteiger partial charge < -0.3 is 9.64 Å². The van der Waals surface area contributed by atoms with Crippen molar-refractivity contribution in [3.05, 3.63) is 35.4 Å². The summed E-state index contributed by atoms with van der Waals surface area (Å²) in [5.74, 6) is 0.369. The van der Waals surface area contributed by atoms with Gasteiger partial charge in [0.05, 0.1) is 6.61 Å². The smallest absolute Gasteiger partial charge is 0.325 e. The molecular formula is C17H19FN4O2. The van der Waals surface area contributed by atoms with Gasteiger partial charge in [0.25, 0.3) is 0 Å². The molecule has 7 heteroatoms. The zero-order valence-electron chi connectivity index (χ0n) is 13.8. The van der Waals surface area contributed by atoms with Crippen LogP contribution in [-0.4, -0.2) is 41.1 Å². The molecule has 3 rings (SSSR count). The highest BCUT2D eigenvalue weighted by Crippen LogP contribution is 2.30. The average Bonchev–Trinajstić information content (AvgIpc) is 3.02. The molecule has 0 atom stereocenters. The highest BCUT2D eigenvalue weighted by molar-refractivity contribution is 5.76. The highest BCUT2D eigenvalue weighted by Gasteiger charge is 2.23. The molecule has 0 N–H and O–H groups in total. The van der Waals surface area contributed by atoms with Gasteiger partial charge in [-0.15, -0.1) is 0 Å². The lowest BCUT2D eigenvalue weighted by atomic mass is 10.2. The van der Waals surface area contributed by atoms with Crippen LogP contribution in [0.25, 0.3) is 11.5 Å². The summed E-state index contributed by atoms with van der Waals surface area (Å²) >= 11 is 0. The van der Waals surface area contributed by atoms with Gasteiger partial charge in [-0.2, -0.15) is 0 Å². The Kier molecular flexibility index (Phi) is 4.69. The predicted octanol–water partition coefficient (Wildman–Crippen LogP) is 2.17. The first-order chi connectivity index (χ1) is 11.6. The molecule has 1 aliphatic rings. The predicted molar refractivity (Wildman–Crippen MR) is 87.1 cm³/mol. The van der Waals surface area contributed by atoms with Crippen molar-refractivity contribution in [1.29, 1.82) is 0 Å². The van der Waals surface area contributed by atoms with Gasteiger partial charge in [0.2, 0.25) is 0 Å². The van der Waals surface area contributed by atoms with Gasteiger partial charge in [0.1, 0.15) is 23.9 Å². The van der Waals surface area contributed by atoms with E-state index in [1.807, 2.05) is 0 Å². The number of fused-ring (bicyclic) bond motifs is 1. The van der Waals surface area contributed by atoms with Gasteiger partial charge in [-0.1, -0.05) is 0 Å². The Morgan fingerprint density at radius 1 is 1.38 bits per heavy atom. The number of aromatic nitrogens is 3. The van der Waals surface area contributed by atoms with Gasteiger partial charge >= 0.3 is 5.97 Å². The monoisotopic (exact) mass is 330 g/mol. The highest BCUT2D eigenvalue weighted by atomic mass is 19.1. The molecule has 2 heterocycles. The normalized spacial score (nSPS) is 12.8. The van der Waals surface area contributed by atoms with E-state index in [-0.39, 0.29) is 18.3 Å². The summed E-state index contributed by atoms with van der Waals surface area (Å²) in [6.45, 7) is 2.22. The van der Waals surface area contributed by atoms with E-state index in [9.17, 15) is 9.18 Å². The molecule has 2 aromatic rings. The Balaban J connectivity index is 1.98. The van der Waals surface area contributed by atoms with E-state index in [0.717, 1.165) is 30.5 Å². The van der Waals surface area contributed by atoms with Gasteiger partial charge in [-0.05, 0) is 32.3 Å². The van der Waals surface area contributed by atoms with Crippen LogP contribution in [0.15, 0.2) is 18.3 Å². The quantitative estimate of drug-likeness (QED) is 0.783. The Bertz CT molecular complexity index is 766. The van der Waals surface area contributed by atoms with Crippen molar-refractivity contribution in [1.82, 2.24) is 15.0 Å². The van der Waals surface area contributed by atoms with Crippen LogP contribution in [0.3, 0.4) is 0 Å². The molecule has 0 saturated carbocycles. The molecule has 2 aromatic heterocycles. The van der Waals surface area contributed by atoms with Crippen molar-refractivity contribution in [2.75, 3.05) is 25.1 Å². The zero-order valence-corrected chi connectivity index (χ0v) is 13.8. The van der Waals surface area contributed by atoms with Crippen LogP contribution in [0, 0.1) is 5.82 Å². The van der Waals surface area contributed by atoms with Crippen molar-refractivity contribution in [3.63, 3.8) is 0 Å². The number of esters is 1. The summed E-state index contributed by atoms with van der Waals surface area (Å²) in [6, 6.07) is 2.59. The first-order valence-corrected chi connectivity index (χ1v) is 7.97. The molecular weight excluding hydrogens is 311 g/mol. The molecule has 0 unspecified atom stereocenters. The van der Waals surface area contributed by atoms with E-state index in [1.165, 1.54) is 18.3 Å². The summed E-state index contributed by atoms with van der Waals surface area (Å²) in [6.07, 6.45) is 4.10. The maximum Gasteiger partial charge on any atom is 0.325 e. The minimum absolute atomic E-state index is 0.104. The number of hydrogen-bond acceptors (Lipinski definition) is 6. The topological polar surface area (TPSA) is 68.2 Å². The van der Waals surface area contributed by atoms with Crippen LogP contribution in [0.2, 0.25) is 0 Å². The Labute approximate surface area is 139 Å². The number of likely N-dealkylation sites (N-methyl/N-ethyl adjacent to an activating group) is 1. The molecule has 1 aliphatic carbocycles. The van der Waals surface area contributed by atoms with Crippen LogP contribution in [-0.2, 0) is 22.4 Å². The molecule has 0 fully saturated rings. The summed E-state index contributed by atoms with van der Waals surface area (Å²) in [5, 5.41) is 0. The lowest BCUT2D eigenvalue weighted by Gasteiger charge is -2.20. The number of aryl methyl sites for hydroxylation is 1. The van der Waals surface area contributed by atoms with Crippen molar-refractivity contribution in [3.8, 4) is 11.5 Å². The number of pyridine rings is 1. The molecule has 126 valence electrons. The number of rotatable bonds is 5. The first-order valence-electron chi connectivity index (χ1n) is 7.97. The maximum absolute atomic E-state index is 13.5. The molecule has 0 radical (unpaired) electrons. The second-order valence-corrected chi connectivity index (χ2v) is 5.67. The van der Waals surface area contributed by atoms with Gasteiger partial charge in [0.15, 0.2) is 5.82 Å².